The average molecular weight is 433 g/mol. The molecule has 2 aromatic carbocycles. The van der Waals surface area contributed by atoms with Gasteiger partial charge in [-0.25, -0.2) is 4.98 Å². The van der Waals surface area contributed by atoms with Gasteiger partial charge in [-0.1, -0.05) is 37.3 Å². The molecule has 3 aromatic rings. The lowest BCUT2D eigenvalue weighted by Crippen LogP contribution is -2.40. The highest BCUT2D eigenvalue weighted by molar-refractivity contribution is 5.97. The molecule has 6 heteroatoms. The molecule has 6 nitrogen and oxygen atoms in total. The number of aromatic nitrogens is 2. The molecule has 168 valence electrons. The molecule has 1 aliphatic rings. The van der Waals surface area contributed by atoms with Crippen LogP contribution in [0.1, 0.15) is 37.0 Å². The summed E-state index contributed by atoms with van der Waals surface area (Å²) in [6.07, 6.45) is 2.83. The van der Waals surface area contributed by atoms with Crippen molar-refractivity contribution < 1.29 is 9.53 Å². The summed E-state index contributed by atoms with van der Waals surface area (Å²) in [6.45, 7) is 6.72. The van der Waals surface area contributed by atoms with Gasteiger partial charge in [0.05, 0.1) is 18.7 Å². The molecule has 2 heterocycles. The van der Waals surface area contributed by atoms with Crippen molar-refractivity contribution in [1.29, 1.82) is 0 Å². The quantitative estimate of drug-likeness (QED) is 0.562. The predicted octanol–water partition coefficient (Wildman–Crippen LogP) is 4.81. The maximum Gasteiger partial charge on any atom is 0.228 e. The number of methoxy groups -OCH3 is 1. The smallest absolute Gasteiger partial charge is 0.228 e. The molecule has 1 saturated heterocycles. The van der Waals surface area contributed by atoms with E-state index < -0.39 is 0 Å². The van der Waals surface area contributed by atoms with Crippen LogP contribution in [0.15, 0.2) is 48.5 Å². The van der Waals surface area contributed by atoms with E-state index >= 15 is 0 Å². The van der Waals surface area contributed by atoms with E-state index in [0.717, 1.165) is 78.7 Å². The van der Waals surface area contributed by atoms with Crippen LogP contribution in [-0.2, 0) is 17.8 Å². The van der Waals surface area contributed by atoms with Gasteiger partial charge in [0, 0.05) is 36.5 Å². The number of hydrogen-bond donors (Lipinski definition) is 2. The first kappa shape index (κ1) is 22.1. The number of rotatable bonds is 7. The molecule has 0 saturated carbocycles. The number of likely N-dealkylation sites (tertiary alicyclic amines) is 1. The number of ether oxygens (including phenoxy) is 1. The van der Waals surface area contributed by atoms with Crippen molar-refractivity contribution in [1.82, 2.24) is 14.9 Å². The summed E-state index contributed by atoms with van der Waals surface area (Å²) < 4.78 is 5.27. The van der Waals surface area contributed by atoms with E-state index in [-0.39, 0.29) is 11.8 Å². The minimum Gasteiger partial charge on any atom is -0.497 e. The number of benzene rings is 2. The molecule has 1 fully saturated rings. The second-order valence-electron chi connectivity index (χ2n) is 8.45. The molecule has 1 amide bonds. The summed E-state index contributed by atoms with van der Waals surface area (Å²) in [5, 5.41) is 3.20. The van der Waals surface area contributed by atoms with Crippen molar-refractivity contribution in [2.75, 3.05) is 25.5 Å². The highest BCUT2D eigenvalue weighted by Crippen LogP contribution is 2.30. The van der Waals surface area contributed by atoms with Crippen LogP contribution in [0.4, 0.5) is 5.69 Å². The molecule has 32 heavy (non-hydrogen) atoms. The van der Waals surface area contributed by atoms with Gasteiger partial charge < -0.3 is 15.0 Å². The normalized spacial score (nSPS) is 16.7. The monoisotopic (exact) mass is 432 g/mol. The highest BCUT2D eigenvalue weighted by atomic mass is 16.5. The zero-order valence-corrected chi connectivity index (χ0v) is 19.1. The summed E-state index contributed by atoms with van der Waals surface area (Å²) in [5.74, 6) is 1.90. The number of piperidine rings is 1. The predicted molar refractivity (Wildman–Crippen MR) is 128 cm³/mol. The van der Waals surface area contributed by atoms with E-state index in [2.05, 4.69) is 29.0 Å². The zero-order chi connectivity index (χ0) is 22.5. The Bertz CT molecular complexity index is 1060. The van der Waals surface area contributed by atoms with E-state index in [9.17, 15) is 4.79 Å². The zero-order valence-electron chi connectivity index (χ0n) is 19.1. The van der Waals surface area contributed by atoms with Crippen LogP contribution < -0.4 is 10.1 Å². The number of amides is 1. The van der Waals surface area contributed by atoms with Gasteiger partial charge in [0.15, 0.2) is 0 Å². The summed E-state index contributed by atoms with van der Waals surface area (Å²) >= 11 is 0. The second-order valence-corrected chi connectivity index (χ2v) is 8.45. The molecule has 0 spiro atoms. The molecule has 1 aromatic heterocycles. The average Bonchev–Trinajstić information content (AvgIpc) is 3.19. The van der Waals surface area contributed by atoms with E-state index in [4.69, 9.17) is 9.72 Å². The Morgan fingerprint density at radius 3 is 2.72 bits per heavy atom. The van der Waals surface area contributed by atoms with Gasteiger partial charge in [-0.2, -0.15) is 0 Å². The first-order chi connectivity index (χ1) is 15.6. The van der Waals surface area contributed by atoms with Crippen molar-refractivity contribution >= 4 is 11.6 Å². The number of nitrogens with zero attached hydrogens (tertiary/aromatic N) is 2. The van der Waals surface area contributed by atoms with Crippen molar-refractivity contribution in [3.05, 3.63) is 65.7 Å². The number of aryl methyl sites for hydroxylation is 2. The van der Waals surface area contributed by atoms with Crippen LogP contribution in [0.3, 0.4) is 0 Å². The molecule has 4 rings (SSSR count). The number of carbonyl (C=O) groups is 1. The lowest BCUT2D eigenvalue weighted by atomic mass is 9.96. The number of para-hydroxylation sites is 1. The van der Waals surface area contributed by atoms with Crippen molar-refractivity contribution in [2.24, 2.45) is 5.92 Å². The Morgan fingerprint density at radius 2 is 2.00 bits per heavy atom. The summed E-state index contributed by atoms with van der Waals surface area (Å²) in [4.78, 5) is 23.6. The molecule has 0 bridgehead atoms. The SMILES string of the molecule is CCc1nc(CN2CCC[C@H](C(=O)Nc3ccccc3-c3ccc(OC)cc3)C2)c(C)[nH]1. The van der Waals surface area contributed by atoms with Crippen molar-refractivity contribution in [3.63, 3.8) is 0 Å². The fourth-order valence-electron chi connectivity index (χ4n) is 4.36. The molecule has 0 unspecified atom stereocenters. The van der Waals surface area contributed by atoms with E-state index in [1.165, 1.54) is 0 Å². The number of H-pyrrole nitrogens is 1. The number of imidazole rings is 1. The molecule has 2 N–H and O–H groups in total. The van der Waals surface area contributed by atoms with E-state index in [1.807, 2.05) is 48.5 Å². The molecule has 1 atom stereocenters. The summed E-state index contributed by atoms with van der Waals surface area (Å²) in [7, 11) is 1.66. The fourth-order valence-corrected chi connectivity index (χ4v) is 4.36. The van der Waals surface area contributed by atoms with Crippen LogP contribution in [0.25, 0.3) is 11.1 Å². The van der Waals surface area contributed by atoms with Gasteiger partial charge >= 0.3 is 0 Å². The summed E-state index contributed by atoms with van der Waals surface area (Å²) in [6, 6.07) is 15.9. The van der Waals surface area contributed by atoms with Gasteiger partial charge in [-0.15, -0.1) is 0 Å². The third-order valence-corrected chi connectivity index (χ3v) is 6.21. The molecular weight excluding hydrogens is 400 g/mol. The Labute approximate surface area is 190 Å². The van der Waals surface area contributed by atoms with Crippen LogP contribution in [0.5, 0.6) is 5.75 Å². The van der Waals surface area contributed by atoms with Gasteiger partial charge in [-0.05, 0) is 50.1 Å². The maximum atomic E-state index is 13.2. The Morgan fingerprint density at radius 1 is 1.22 bits per heavy atom. The lowest BCUT2D eigenvalue weighted by molar-refractivity contribution is -0.121. The number of nitrogens with one attached hydrogen (secondary N) is 2. The highest BCUT2D eigenvalue weighted by Gasteiger charge is 2.27. The van der Waals surface area contributed by atoms with E-state index in [0.29, 0.717) is 0 Å². The molecule has 0 aliphatic carbocycles. The third-order valence-electron chi connectivity index (χ3n) is 6.21. The van der Waals surface area contributed by atoms with Crippen LogP contribution >= 0.6 is 0 Å². The molecule has 0 radical (unpaired) electrons. The number of aromatic amines is 1. The standard InChI is InChI=1S/C26H32N4O2/c1-4-25-27-18(2)24(28-25)17-30-15-7-8-20(16-30)26(31)29-23-10-6-5-9-22(23)19-11-13-21(32-3)14-12-19/h5-6,9-14,20H,4,7-8,15-17H2,1-3H3,(H,27,28)(H,29,31)/t20-/m0/s1. The third kappa shape index (κ3) is 5.02. The van der Waals surface area contributed by atoms with Crippen molar-refractivity contribution in [3.8, 4) is 16.9 Å². The summed E-state index contributed by atoms with van der Waals surface area (Å²) in [5.41, 5.74) is 5.12. The Kier molecular flexibility index (Phi) is 6.90. The van der Waals surface area contributed by atoms with Gasteiger partial charge in [0.25, 0.3) is 0 Å². The van der Waals surface area contributed by atoms with Crippen LogP contribution in [-0.4, -0.2) is 41.0 Å². The number of anilines is 1. The lowest BCUT2D eigenvalue weighted by Gasteiger charge is -2.31. The molecule has 1 aliphatic heterocycles. The largest absolute Gasteiger partial charge is 0.497 e. The van der Waals surface area contributed by atoms with Gasteiger partial charge in [0.1, 0.15) is 11.6 Å². The minimum atomic E-state index is -0.0300. The van der Waals surface area contributed by atoms with Crippen LogP contribution in [0, 0.1) is 12.8 Å². The van der Waals surface area contributed by atoms with E-state index in [1.54, 1.807) is 7.11 Å². The Balaban J connectivity index is 1.44. The first-order valence-electron chi connectivity index (χ1n) is 11.4. The second kappa shape index (κ2) is 10.0. The number of hydrogen-bond acceptors (Lipinski definition) is 4. The van der Waals surface area contributed by atoms with Gasteiger partial charge in [-0.3, -0.25) is 9.69 Å². The minimum absolute atomic E-state index is 0.0300. The topological polar surface area (TPSA) is 70.2 Å². The number of carbonyl (C=O) groups excluding carboxylic acids is 1. The Hall–Kier alpha value is -3.12. The maximum absolute atomic E-state index is 13.2. The van der Waals surface area contributed by atoms with Gasteiger partial charge in [0.2, 0.25) is 5.91 Å². The first-order valence-corrected chi connectivity index (χ1v) is 11.4. The van der Waals surface area contributed by atoms with Crippen LogP contribution in [0.2, 0.25) is 0 Å². The molecular formula is C26H32N4O2. The van der Waals surface area contributed by atoms with Crippen molar-refractivity contribution in [2.45, 2.75) is 39.7 Å². The fraction of sp³-hybridized carbons (Fsp3) is 0.385.